The molecule has 16 heavy (non-hydrogen) atoms. The van der Waals surface area contributed by atoms with Crippen molar-refractivity contribution in [2.45, 2.75) is 6.54 Å². The maximum atomic E-state index is 7.65. The topological polar surface area (TPSA) is 54.6 Å². The fraction of sp³-hybridized carbons (Fsp3) is 0.100. The van der Waals surface area contributed by atoms with Gasteiger partial charge >= 0.3 is 0 Å². The van der Waals surface area contributed by atoms with Crippen LogP contribution in [0, 0.1) is 5.41 Å². The zero-order valence-electron chi connectivity index (χ0n) is 8.19. The number of hydrogen-bond acceptors (Lipinski definition) is 3. The molecule has 0 radical (unpaired) electrons. The second-order valence-electron chi connectivity index (χ2n) is 3.19. The van der Waals surface area contributed by atoms with E-state index in [0.717, 1.165) is 5.56 Å². The molecular formula is C10H8Cl2N4. The number of aromatic nitrogens is 3. The second-order valence-corrected chi connectivity index (χ2v) is 3.96. The van der Waals surface area contributed by atoms with Crippen molar-refractivity contribution in [3.05, 3.63) is 51.8 Å². The Kier molecular flexibility index (Phi) is 3.22. The van der Waals surface area contributed by atoms with Crippen LogP contribution in [0.2, 0.25) is 10.3 Å². The van der Waals surface area contributed by atoms with E-state index in [2.05, 4.69) is 10.1 Å². The van der Waals surface area contributed by atoms with Gasteiger partial charge in [-0.05, 0) is 23.8 Å². The minimum Gasteiger partial charge on any atom is -0.283 e. The van der Waals surface area contributed by atoms with Gasteiger partial charge in [0.05, 0.1) is 6.54 Å². The standard InChI is InChI=1S/C10H8Cl2N4/c11-8-2-1-7(5-14-8)6-16-10(13)4-3-9(12)15-16/h1-5,13H,6H2. The summed E-state index contributed by atoms with van der Waals surface area (Å²) >= 11 is 11.4. The monoisotopic (exact) mass is 254 g/mol. The van der Waals surface area contributed by atoms with E-state index in [-0.39, 0.29) is 0 Å². The van der Waals surface area contributed by atoms with Gasteiger partial charge in [0.2, 0.25) is 0 Å². The summed E-state index contributed by atoms with van der Waals surface area (Å²) in [5, 5.41) is 12.5. The Morgan fingerprint density at radius 3 is 2.56 bits per heavy atom. The highest BCUT2D eigenvalue weighted by molar-refractivity contribution is 6.29. The molecule has 0 bridgehead atoms. The minimum absolute atomic E-state index is 0.291. The summed E-state index contributed by atoms with van der Waals surface area (Å²) in [5.74, 6) is 0. The SMILES string of the molecule is N=c1ccc(Cl)nn1Cc1ccc(Cl)nc1. The quantitative estimate of drug-likeness (QED) is 0.835. The third-order valence-corrected chi connectivity index (χ3v) is 2.42. The Morgan fingerprint density at radius 1 is 1.12 bits per heavy atom. The number of hydrogen-bond donors (Lipinski definition) is 1. The van der Waals surface area contributed by atoms with E-state index in [1.165, 1.54) is 4.68 Å². The summed E-state index contributed by atoms with van der Waals surface area (Å²) < 4.78 is 1.49. The first-order valence-corrected chi connectivity index (χ1v) is 5.29. The van der Waals surface area contributed by atoms with Gasteiger partial charge in [-0.1, -0.05) is 29.3 Å². The minimum atomic E-state index is 0.291. The van der Waals surface area contributed by atoms with Gasteiger partial charge < -0.3 is 0 Å². The molecule has 0 aromatic carbocycles. The fourth-order valence-corrected chi connectivity index (χ4v) is 1.50. The van der Waals surface area contributed by atoms with E-state index in [1.807, 2.05) is 6.07 Å². The first-order chi connectivity index (χ1) is 7.65. The zero-order chi connectivity index (χ0) is 11.5. The third kappa shape index (κ3) is 2.59. The van der Waals surface area contributed by atoms with Crippen LogP contribution in [0.1, 0.15) is 5.56 Å². The lowest BCUT2D eigenvalue weighted by atomic mass is 10.3. The largest absolute Gasteiger partial charge is 0.283 e. The second kappa shape index (κ2) is 4.63. The van der Waals surface area contributed by atoms with Gasteiger partial charge in [-0.2, -0.15) is 5.10 Å². The molecule has 0 spiro atoms. The first kappa shape index (κ1) is 11.1. The highest BCUT2D eigenvalue weighted by Gasteiger charge is 1.99. The highest BCUT2D eigenvalue weighted by Crippen LogP contribution is 2.06. The Hall–Kier alpha value is -1.39. The van der Waals surface area contributed by atoms with Crippen LogP contribution in [-0.2, 0) is 6.54 Å². The summed E-state index contributed by atoms with van der Waals surface area (Å²) in [6.07, 6.45) is 1.65. The van der Waals surface area contributed by atoms with Gasteiger partial charge in [-0.3, -0.25) is 5.41 Å². The van der Waals surface area contributed by atoms with E-state index in [0.29, 0.717) is 22.3 Å². The summed E-state index contributed by atoms with van der Waals surface area (Å²) in [4.78, 5) is 3.96. The summed E-state index contributed by atoms with van der Waals surface area (Å²) in [6, 6.07) is 6.72. The predicted octanol–water partition coefficient (Wildman–Crippen LogP) is 2.11. The van der Waals surface area contributed by atoms with Crippen molar-refractivity contribution in [1.82, 2.24) is 14.8 Å². The lowest BCUT2D eigenvalue weighted by molar-refractivity contribution is 0.618. The average molecular weight is 255 g/mol. The molecule has 2 heterocycles. The number of halogens is 2. The molecule has 1 N–H and O–H groups in total. The van der Waals surface area contributed by atoms with Crippen molar-refractivity contribution in [1.29, 1.82) is 5.41 Å². The van der Waals surface area contributed by atoms with Crippen molar-refractivity contribution in [2.24, 2.45) is 0 Å². The molecule has 0 saturated heterocycles. The van der Waals surface area contributed by atoms with Crippen LogP contribution in [0.3, 0.4) is 0 Å². The molecule has 0 unspecified atom stereocenters. The van der Waals surface area contributed by atoms with Crippen LogP contribution in [-0.4, -0.2) is 14.8 Å². The smallest absolute Gasteiger partial charge is 0.149 e. The molecule has 0 aliphatic rings. The molecule has 6 heteroatoms. The number of nitrogens with one attached hydrogen (secondary N) is 1. The molecule has 82 valence electrons. The average Bonchev–Trinajstić information content (AvgIpc) is 2.27. The maximum Gasteiger partial charge on any atom is 0.149 e. The van der Waals surface area contributed by atoms with E-state index in [9.17, 15) is 0 Å². The molecule has 2 rings (SSSR count). The summed E-state index contributed by atoms with van der Waals surface area (Å²) in [7, 11) is 0. The maximum absolute atomic E-state index is 7.65. The van der Waals surface area contributed by atoms with Crippen molar-refractivity contribution in [3.8, 4) is 0 Å². The molecule has 0 aliphatic heterocycles. The van der Waals surface area contributed by atoms with E-state index in [4.69, 9.17) is 28.6 Å². The molecule has 2 aromatic rings. The van der Waals surface area contributed by atoms with Crippen LogP contribution in [0.15, 0.2) is 30.5 Å². The normalized spacial score (nSPS) is 10.4. The third-order valence-electron chi connectivity index (χ3n) is 1.99. The van der Waals surface area contributed by atoms with Crippen molar-refractivity contribution < 1.29 is 0 Å². The van der Waals surface area contributed by atoms with Crippen LogP contribution < -0.4 is 5.49 Å². The Morgan fingerprint density at radius 2 is 1.88 bits per heavy atom. The van der Waals surface area contributed by atoms with Crippen LogP contribution >= 0.6 is 23.2 Å². The van der Waals surface area contributed by atoms with Gasteiger partial charge in [0, 0.05) is 6.20 Å². The Labute approximate surface area is 102 Å². The zero-order valence-corrected chi connectivity index (χ0v) is 9.70. The molecule has 2 aromatic heterocycles. The van der Waals surface area contributed by atoms with Crippen LogP contribution in [0.25, 0.3) is 0 Å². The number of pyridine rings is 1. The molecular weight excluding hydrogens is 247 g/mol. The Bertz CT molecular complexity index is 547. The van der Waals surface area contributed by atoms with Crippen molar-refractivity contribution in [3.63, 3.8) is 0 Å². The van der Waals surface area contributed by atoms with Crippen LogP contribution in [0.5, 0.6) is 0 Å². The van der Waals surface area contributed by atoms with Crippen molar-refractivity contribution in [2.75, 3.05) is 0 Å². The van der Waals surface area contributed by atoms with Crippen molar-refractivity contribution >= 4 is 23.2 Å². The molecule has 0 amide bonds. The summed E-state index contributed by atoms with van der Waals surface area (Å²) in [5.41, 5.74) is 1.21. The van der Waals surface area contributed by atoms with E-state index >= 15 is 0 Å². The number of nitrogens with zero attached hydrogens (tertiary/aromatic N) is 3. The Balaban J connectivity index is 2.30. The van der Waals surface area contributed by atoms with Gasteiger partial charge in [0.1, 0.15) is 15.8 Å². The molecule has 0 atom stereocenters. The van der Waals surface area contributed by atoms with Gasteiger partial charge in [0.25, 0.3) is 0 Å². The van der Waals surface area contributed by atoms with E-state index in [1.54, 1.807) is 24.4 Å². The molecule has 0 aliphatic carbocycles. The number of rotatable bonds is 2. The highest BCUT2D eigenvalue weighted by atomic mass is 35.5. The van der Waals surface area contributed by atoms with E-state index < -0.39 is 0 Å². The van der Waals surface area contributed by atoms with Gasteiger partial charge in [-0.15, -0.1) is 0 Å². The molecule has 4 nitrogen and oxygen atoms in total. The molecule has 0 saturated carbocycles. The van der Waals surface area contributed by atoms with Crippen LogP contribution in [0.4, 0.5) is 0 Å². The lowest BCUT2D eigenvalue weighted by Gasteiger charge is -2.05. The molecule has 0 fully saturated rings. The first-order valence-electron chi connectivity index (χ1n) is 4.54. The lowest BCUT2D eigenvalue weighted by Crippen LogP contribution is -2.22. The van der Waals surface area contributed by atoms with Gasteiger partial charge in [-0.25, -0.2) is 9.67 Å². The summed E-state index contributed by atoms with van der Waals surface area (Å²) in [6.45, 7) is 0.448. The predicted molar refractivity (Wildman–Crippen MR) is 61.4 cm³/mol. The fourth-order valence-electron chi connectivity index (χ4n) is 1.23. The van der Waals surface area contributed by atoms with Gasteiger partial charge in [0.15, 0.2) is 0 Å².